The summed E-state index contributed by atoms with van der Waals surface area (Å²) in [6.07, 6.45) is 3.40. The van der Waals surface area contributed by atoms with Crippen molar-refractivity contribution in [2.45, 2.75) is 40.0 Å². The zero-order valence-electron chi connectivity index (χ0n) is 10.3. The number of nitrogens with two attached hydrogens (primary N) is 1. The first kappa shape index (κ1) is 12.5. The van der Waals surface area contributed by atoms with Crippen LogP contribution in [0, 0.1) is 11.3 Å². The molecule has 0 spiro atoms. The van der Waals surface area contributed by atoms with Crippen molar-refractivity contribution in [3.8, 4) is 0 Å². The first-order chi connectivity index (χ1) is 7.03. The summed E-state index contributed by atoms with van der Waals surface area (Å²) in [7, 11) is 0. The number of nitrogens with zero attached hydrogens (tertiary/aromatic N) is 1. The van der Waals surface area contributed by atoms with Gasteiger partial charge in [0.25, 0.3) is 0 Å². The van der Waals surface area contributed by atoms with E-state index in [-0.39, 0.29) is 11.3 Å². The van der Waals surface area contributed by atoms with Crippen LogP contribution in [-0.4, -0.2) is 30.4 Å². The van der Waals surface area contributed by atoms with Crippen molar-refractivity contribution < 1.29 is 4.79 Å². The van der Waals surface area contributed by atoms with Crippen LogP contribution < -0.4 is 5.73 Å². The van der Waals surface area contributed by atoms with Gasteiger partial charge in [0.1, 0.15) is 0 Å². The first-order valence-electron chi connectivity index (χ1n) is 6.01. The molecule has 15 heavy (non-hydrogen) atoms. The molecule has 3 heteroatoms. The lowest BCUT2D eigenvalue weighted by Gasteiger charge is -2.31. The highest BCUT2D eigenvalue weighted by atomic mass is 16.2. The Hall–Kier alpha value is -0.570. The molecule has 1 rings (SSSR count). The van der Waals surface area contributed by atoms with Crippen molar-refractivity contribution in [3.63, 3.8) is 0 Å². The third kappa shape index (κ3) is 2.71. The molecule has 0 aromatic carbocycles. The number of carbonyl (C=O) groups is 1. The van der Waals surface area contributed by atoms with E-state index in [2.05, 4.69) is 13.8 Å². The highest BCUT2D eigenvalue weighted by Gasteiger charge is 2.40. The van der Waals surface area contributed by atoms with Crippen LogP contribution in [0.2, 0.25) is 0 Å². The molecule has 3 nitrogen and oxygen atoms in total. The van der Waals surface area contributed by atoms with Crippen molar-refractivity contribution in [2.24, 2.45) is 17.1 Å². The lowest BCUT2D eigenvalue weighted by atomic mass is 9.81. The Morgan fingerprint density at radius 2 is 2.20 bits per heavy atom. The minimum absolute atomic E-state index is 0.180. The Morgan fingerprint density at radius 1 is 1.53 bits per heavy atom. The van der Waals surface area contributed by atoms with E-state index in [0.717, 1.165) is 13.0 Å². The minimum Gasteiger partial charge on any atom is -0.341 e. The molecule has 0 bridgehead atoms. The Balaban J connectivity index is 2.66. The fourth-order valence-electron chi connectivity index (χ4n) is 2.58. The standard InChI is InChI=1S/C12H24N2O/c1-4-14(9-8-13)11(15)10-6-5-7-12(10,2)3/h10H,4-9,13H2,1-3H3. The molecular formula is C12H24N2O. The molecule has 1 amide bonds. The predicted molar refractivity (Wildman–Crippen MR) is 62.4 cm³/mol. The Labute approximate surface area is 93.0 Å². The van der Waals surface area contributed by atoms with Gasteiger partial charge < -0.3 is 10.6 Å². The maximum atomic E-state index is 12.3. The molecule has 1 aliphatic carbocycles. The number of likely N-dealkylation sites (N-methyl/N-ethyl adjacent to an activating group) is 1. The number of hydrogen-bond acceptors (Lipinski definition) is 2. The summed E-state index contributed by atoms with van der Waals surface area (Å²) in [4.78, 5) is 14.2. The van der Waals surface area contributed by atoms with Gasteiger partial charge in [-0.15, -0.1) is 0 Å². The van der Waals surface area contributed by atoms with Crippen LogP contribution in [0.1, 0.15) is 40.0 Å². The van der Waals surface area contributed by atoms with E-state index in [4.69, 9.17) is 5.73 Å². The lowest BCUT2D eigenvalue weighted by Crippen LogP contribution is -2.42. The molecule has 1 aliphatic rings. The molecule has 0 aromatic rings. The molecule has 1 fully saturated rings. The van der Waals surface area contributed by atoms with E-state index in [1.807, 2.05) is 11.8 Å². The van der Waals surface area contributed by atoms with Crippen LogP contribution >= 0.6 is 0 Å². The highest BCUT2D eigenvalue weighted by Crippen LogP contribution is 2.43. The normalized spacial score (nSPS) is 24.1. The van der Waals surface area contributed by atoms with Crippen molar-refractivity contribution in [3.05, 3.63) is 0 Å². The van der Waals surface area contributed by atoms with Crippen molar-refractivity contribution in [2.75, 3.05) is 19.6 Å². The largest absolute Gasteiger partial charge is 0.341 e. The summed E-state index contributed by atoms with van der Waals surface area (Å²) in [5, 5.41) is 0. The molecule has 2 N–H and O–H groups in total. The predicted octanol–water partition coefficient (Wildman–Crippen LogP) is 1.62. The van der Waals surface area contributed by atoms with E-state index in [1.165, 1.54) is 12.8 Å². The van der Waals surface area contributed by atoms with Crippen LogP contribution in [0.4, 0.5) is 0 Å². The monoisotopic (exact) mass is 212 g/mol. The van der Waals surface area contributed by atoms with Gasteiger partial charge in [-0.3, -0.25) is 4.79 Å². The van der Waals surface area contributed by atoms with Gasteiger partial charge in [0.05, 0.1) is 0 Å². The second-order valence-corrected chi connectivity index (χ2v) is 5.14. The molecule has 0 saturated heterocycles. The summed E-state index contributed by atoms with van der Waals surface area (Å²) in [5.74, 6) is 0.523. The van der Waals surface area contributed by atoms with E-state index in [0.29, 0.717) is 19.0 Å². The molecule has 1 atom stereocenters. The summed E-state index contributed by atoms with van der Waals surface area (Å²) in [5.41, 5.74) is 5.69. The van der Waals surface area contributed by atoms with Gasteiger partial charge in [-0.05, 0) is 25.2 Å². The molecule has 0 aromatic heterocycles. The van der Waals surface area contributed by atoms with E-state index < -0.39 is 0 Å². The van der Waals surface area contributed by atoms with Crippen LogP contribution in [0.3, 0.4) is 0 Å². The zero-order valence-corrected chi connectivity index (χ0v) is 10.3. The van der Waals surface area contributed by atoms with E-state index in [1.54, 1.807) is 0 Å². The van der Waals surface area contributed by atoms with Gasteiger partial charge in [-0.25, -0.2) is 0 Å². The van der Waals surface area contributed by atoms with Crippen molar-refractivity contribution >= 4 is 5.91 Å². The number of amides is 1. The van der Waals surface area contributed by atoms with Crippen LogP contribution in [-0.2, 0) is 4.79 Å². The summed E-state index contributed by atoms with van der Waals surface area (Å²) >= 11 is 0. The number of rotatable bonds is 4. The average molecular weight is 212 g/mol. The SMILES string of the molecule is CCN(CCN)C(=O)C1CCCC1(C)C. The Bertz CT molecular complexity index is 226. The Morgan fingerprint density at radius 3 is 2.60 bits per heavy atom. The molecule has 0 radical (unpaired) electrons. The lowest BCUT2D eigenvalue weighted by molar-refractivity contribution is -0.138. The third-order valence-electron chi connectivity index (χ3n) is 3.65. The zero-order chi connectivity index (χ0) is 11.5. The number of hydrogen-bond donors (Lipinski definition) is 1. The van der Waals surface area contributed by atoms with Gasteiger partial charge >= 0.3 is 0 Å². The molecule has 1 unspecified atom stereocenters. The maximum Gasteiger partial charge on any atom is 0.226 e. The second kappa shape index (κ2) is 4.97. The maximum absolute atomic E-state index is 12.3. The van der Waals surface area contributed by atoms with Gasteiger partial charge in [-0.1, -0.05) is 20.3 Å². The molecule has 0 aliphatic heterocycles. The average Bonchev–Trinajstić information content (AvgIpc) is 2.53. The third-order valence-corrected chi connectivity index (χ3v) is 3.65. The molecule has 88 valence electrons. The minimum atomic E-state index is 0.180. The fourth-order valence-corrected chi connectivity index (χ4v) is 2.58. The van der Waals surface area contributed by atoms with Gasteiger partial charge in [-0.2, -0.15) is 0 Å². The molecule has 0 heterocycles. The first-order valence-corrected chi connectivity index (χ1v) is 6.01. The summed E-state index contributed by atoms with van der Waals surface area (Å²) < 4.78 is 0. The van der Waals surface area contributed by atoms with Crippen molar-refractivity contribution in [1.29, 1.82) is 0 Å². The van der Waals surface area contributed by atoms with Gasteiger partial charge in [0.15, 0.2) is 0 Å². The van der Waals surface area contributed by atoms with Crippen LogP contribution in [0.25, 0.3) is 0 Å². The topological polar surface area (TPSA) is 46.3 Å². The Kier molecular flexibility index (Phi) is 4.14. The molecule has 1 saturated carbocycles. The van der Waals surface area contributed by atoms with Crippen molar-refractivity contribution in [1.82, 2.24) is 4.90 Å². The smallest absolute Gasteiger partial charge is 0.226 e. The second-order valence-electron chi connectivity index (χ2n) is 5.14. The summed E-state index contributed by atoms with van der Waals surface area (Å²) in [6.45, 7) is 8.48. The van der Waals surface area contributed by atoms with Gasteiger partial charge in [0.2, 0.25) is 5.91 Å². The highest BCUT2D eigenvalue weighted by molar-refractivity contribution is 5.80. The number of carbonyl (C=O) groups excluding carboxylic acids is 1. The van der Waals surface area contributed by atoms with Crippen LogP contribution in [0.15, 0.2) is 0 Å². The summed E-state index contributed by atoms with van der Waals surface area (Å²) in [6, 6.07) is 0. The van der Waals surface area contributed by atoms with E-state index >= 15 is 0 Å². The van der Waals surface area contributed by atoms with E-state index in [9.17, 15) is 4.79 Å². The molecular weight excluding hydrogens is 188 g/mol. The van der Waals surface area contributed by atoms with Gasteiger partial charge in [0, 0.05) is 25.6 Å². The van der Waals surface area contributed by atoms with Crippen LogP contribution in [0.5, 0.6) is 0 Å². The fraction of sp³-hybridized carbons (Fsp3) is 0.917. The quantitative estimate of drug-likeness (QED) is 0.769.